The van der Waals surface area contributed by atoms with Gasteiger partial charge in [0.15, 0.2) is 15.8 Å². The largest absolute Gasteiger partial charge is 0.486 e. The lowest BCUT2D eigenvalue weighted by Crippen LogP contribution is -2.41. The summed E-state index contributed by atoms with van der Waals surface area (Å²) >= 11 is 3.00. The van der Waals surface area contributed by atoms with Crippen molar-refractivity contribution >= 4 is 29.0 Å². The van der Waals surface area contributed by atoms with E-state index in [0.29, 0.717) is 18.9 Å². The van der Waals surface area contributed by atoms with Crippen LogP contribution in [0.5, 0.6) is 11.5 Å². The van der Waals surface area contributed by atoms with Gasteiger partial charge in [-0.25, -0.2) is 4.98 Å². The number of ether oxygens (including phenoxy) is 2. The Bertz CT molecular complexity index is 660. The number of nitrogens with one attached hydrogen (secondary N) is 1. The number of aromatic nitrogens is 1. The van der Waals surface area contributed by atoms with Crippen LogP contribution in [0.25, 0.3) is 0 Å². The predicted octanol–water partition coefficient (Wildman–Crippen LogP) is 2.50. The molecule has 1 N–H and O–H groups in total. The van der Waals surface area contributed by atoms with Gasteiger partial charge in [-0.1, -0.05) is 23.9 Å². The Hall–Kier alpha value is -1.73. The van der Waals surface area contributed by atoms with Crippen LogP contribution >= 0.6 is 23.1 Å². The van der Waals surface area contributed by atoms with Crippen molar-refractivity contribution < 1.29 is 14.3 Å². The molecule has 116 valence electrons. The van der Waals surface area contributed by atoms with Gasteiger partial charge in [-0.05, 0) is 19.1 Å². The Labute approximate surface area is 137 Å². The molecule has 1 amide bonds. The maximum Gasteiger partial charge on any atom is 0.230 e. The minimum atomic E-state index is -0.161. The molecular weight excluding hydrogens is 320 g/mol. The molecule has 2 aromatic rings. The maximum atomic E-state index is 11.9. The minimum Gasteiger partial charge on any atom is -0.486 e. The number of hydrogen-bond donors (Lipinski definition) is 1. The van der Waals surface area contributed by atoms with Gasteiger partial charge >= 0.3 is 0 Å². The Morgan fingerprint density at radius 1 is 1.45 bits per heavy atom. The fourth-order valence-corrected chi connectivity index (χ4v) is 3.65. The first kappa shape index (κ1) is 15.2. The average Bonchev–Trinajstić information content (AvgIpc) is 2.96. The number of aryl methyl sites for hydroxylation is 1. The zero-order valence-electron chi connectivity index (χ0n) is 12.1. The molecule has 0 aliphatic carbocycles. The van der Waals surface area contributed by atoms with Crippen molar-refractivity contribution in [3.63, 3.8) is 0 Å². The molecule has 0 saturated carbocycles. The number of hydrogen-bond acceptors (Lipinski definition) is 6. The number of benzene rings is 1. The first-order valence-electron chi connectivity index (χ1n) is 6.91. The maximum absolute atomic E-state index is 11.9. The standard InChI is InChI=1S/C15H16N2O3S2/c1-10-8-21-15(17-10)22-9-14(18)16-6-11-7-19-12-4-2-3-5-13(12)20-11/h2-5,8,11H,6-7,9H2,1H3,(H,16,18)/t11-/m1/s1. The van der Waals surface area contributed by atoms with Crippen LogP contribution in [-0.2, 0) is 4.79 Å². The molecule has 1 aromatic carbocycles. The van der Waals surface area contributed by atoms with Crippen molar-refractivity contribution in [2.45, 2.75) is 17.4 Å². The number of fused-ring (bicyclic) bond motifs is 1. The summed E-state index contributed by atoms with van der Waals surface area (Å²) in [4.78, 5) is 16.2. The third-order valence-electron chi connectivity index (χ3n) is 3.02. The lowest BCUT2D eigenvalue weighted by molar-refractivity contribution is -0.119. The van der Waals surface area contributed by atoms with E-state index >= 15 is 0 Å². The number of thiazole rings is 1. The molecule has 1 atom stereocenters. The van der Waals surface area contributed by atoms with Crippen LogP contribution in [-0.4, -0.2) is 35.9 Å². The highest BCUT2D eigenvalue weighted by Crippen LogP contribution is 2.30. The molecule has 1 aromatic heterocycles. The zero-order valence-corrected chi connectivity index (χ0v) is 13.7. The second-order valence-corrected chi connectivity index (χ2v) is 6.93. The number of carbonyl (C=O) groups excluding carboxylic acids is 1. The molecule has 0 spiro atoms. The summed E-state index contributed by atoms with van der Waals surface area (Å²) in [5.74, 6) is 1.80. The number of para-hydroxylation sites is 2. The van der Waals surface area contributed by atoms with Gasteiger partial charge in [-0.15, -0.1) is 11.3 Å². The number of rotatable bonds is 5. The number of amides is 1. The highest BCUT2D eigenvalue weighted by Gasteiger charge is 2.21. The van der Waals surface area contributed by atoms with Gasteiger partial charge in [-0.3, -0.25) is 4.79 Å². The molecule has 1 aliphatic rings. The summed E-state index contributed by atoms with van der Waals surface area (Å²) in [5, 5.41) is 4.85. The highest BCUT2D eigenvalue weighted by molar-refractivity contribution is 8.01. The Balaban J connectivity index is 1.42. The molecule has 0 unspecified atom stereocenters. The summed E-state index contributed by atoms with van der Waals surface area (Å²) < 4.78 is 12.3. The van der Waals surface area contributed by atoms with E-state index in [1.54, 1.807) is 11.3 Å². The fourth-order valence-electron chi connectivity index (χ4n) is 1.97. The number of nitrogens with zero attached hydrogens (tertiary/aromatic N) is 1. The van der Waals surface area contributed by atoms with Crippen molar-refractivity contribution in [2.24, 2.45) is 0 Å². The van der Waals surface area contributed by atoms with E-state index in [0.717, 1.165) is 21.5 Å². The molecule has 1 aliphatic heterocycles. The van der Waals surface area contributed by atoms with Crippen molar-refractivity contribution in [1.82, 2.24) is 10.3 Å². The second kappa shape index (κ2) is 7.02. The van der Waals surface area contributed by atoms with E-state index in [1.807, 2.05) is 36.6 Å². The van der Waals surface area contributed by atoms with E-state index in [4.69, 9.17) is 9.47 Å². The van der Waals surface area contributed by atoms with Gasteiger partial charge in [0, 0.05) is 11.1 Å². The van der Waals surface area contributed by atoms with Crippen molar-refractivity contribution in [2.75, 3.05) is 18.9 Å². The van der Waals surface area contributed by atoms with Gasteiger partial charge in [0.2, 0.25) is 5.91 Å². The van der Waals surface area contributed by atoms with Gasteiger partial charge in [0.05, 0.1) is 12.3 Å². The summed E-state index contributed by atoms with van der Waals surface area (Å²) in [7, 11) is 0. The molecule has 0 saturated heterocycles. The van der Waals surface area contributed by atoms with Gasteiger partial charge in [-0.2, -0.15) is 0 Å². The van der Waals surface area contributed by atoms with Crippen LogP contribution in [0.2, 0.25) is 0 Å². The third-order valence-corrected chi connectivity index (χ3v) is 5.16. The summed E-state index contributed by atoms with van der Waals surface area (Å²) in [6.45, 7) is 2.82. The molecule has 5 nitrogen and oxygen atoms in total. The van der Waals surface area contributed by atoms with E-state index in [1.165, 1.54) is 11.8 Å². The van der Waals surface area contributed by atoms with Crippen LogP contribution < -0.4 is 14.8 Å². The number of thioether (sulfide) groups is 1. The highest BCUT2D eigenvalue weighted by atomic mass is 32.2. The predicted molar refractivity (Wildman–Crippen MR) is 86.9 cm³/mol. The van der Waals surface area contributed by atoms with Crippen LogP contribution in [0.3, 0.4) is 0 Å². The zero-order chi connectivity index (χ0) is 15.4. The summed E-state index contributed by atoms with van der Waals surface area (Å²) in [5.41, 5.74) is 0.985. The average molecular weight is 336 g/mol. The quantitative estimate of drug-likeness (QED) is 0.850. The molecule has 0 bridgehead atoms. The van der Waals surface area contributed by atoms with Crippen molar-refractivity contribution in [3.8, 4) is 11.5 Å². The monoisotopic (exact) mass is 336 g/mol. The SMILES string of the molecule is Cc1csc(SCC(=O)NC[C@@H]2COc3ccccc3O2)n1. The molecular formula is C15H16N2O3S2. The lowest BCUT2D eigenvalue weighted by atomic mass is 10.2. The van der Waals surface area contributed by atoms with E-state index in [-0.39, 0.29) is 12.0 Å². The van der Waals surface area contributed by atoms with E-state index in [2.05, 4.69) is 10.3 Å². The molecule has 3 rings (SSSR count). The van der Waals surface area contributed by atoms with Gasteiger partial charge < -0.3 is 14.8 Å². The van der Waals surface area contributed by atoms with Gasteiger partial charge in [0.1, 0.15) is 12.7 Å². The first-order chi connectivity index (χ1) is 10.7. The Morgan fingerprint density at radius 3 is 3.05 bits per heavy atom. The van der Waals surface area contributed by atoms with E-state index in [9.17, 15) is 4.79 Å². The van der Waals surface area contributed by atoms with Crippen LogP contribution in [0.4, 0.5) is 0 Å². The van der Waals surface area contributed by atoms with Crippen molar-refractivity contribution in [1.29, 1.82) is 0 Å². The minimum absolute atomic E-state index is 0.0275. The Morgan fingerprint density at radius 2 is 2.27 bits per heavy atom. The summed E-state index contributed by atoms with van der Waals surface area (Å²) in [6.07, 6.45) is -0.161. The smallest absolute Gasteiger partial charge is 0.230 e. The second-order valence-electron chi connectivity index (χ2n) is 4.85. The summed E-state index contributed by atoms with van der Waals surface area (Å²) in [6, 6.07) is 7.54. The normalized spacial score (nSPS) is 16.3. The first-order valence-corrected chi connectivity index (χ1v) is 8.77. The molecule has 2 heterocycles. The van der Waals surface area contributed by atoms with Crippen LogP contribution in [0, 0.1) is 6.92 Å². The fraction of sp³-hybridized carbons (Fsp3) is 0.333. The molecule has 0 radical (unpaired) electrons. The van der Waals surface area contributed by atoms with Crippen LogP contribution in [0.1, 0.15) is 5.69 Å². The Kier molecular flexibility index (Phi) is 4.84. The van der Waals surface area contributed by atoms with Crippen molar-refractivity contribution in [3.05, 3.63) is 35.3 Å². The molecule has 22 heavy (non-hydrogen) atoms. The van der Waals surface area contributed by atoms with Gasteiger partial charge in [0.25, 0.3) is 0 Å². The third kappa shape index (κ3) is 3.92. The lowest BCUT2D eigenvalue weighted by Gasteiger charge is -2.26. The van der Waals surface area contributed by atoms with Crippen LogP contribution in [0.15, 0.2) is 34.0 Å². The molecule has 7 heteroatoms. The number of carbonyl (C=O) groups is 1. The topological polar surface area (TPSA) is 60.5 Å². The van der Waals surface area contributed by atoms with E-state index < -0.39 is 0 Å². The molecule has 0 fully saturated rings.